The molecule has 1 aromatic carbocycles. The molecule has 0 radical (unpaired) electrons. The molecule has 2 aliphatic rings. The number of hydrogen-bond acceptors (Lipinski definition) is 8. The Balaban J connectivity index is 1.54. The number of aryl methyl sites for hydroxylation is 1. The van der Waals surface area contributed by atoms with Crippen LogP contribution >= 0.6 is 0 Å². The fourth-order valence-corrected chi connectivity index (χ4v) is 4.77. The van der Waals surface area contributed by atoms with E-state index in [1.807, 2.05) is 25.1 Å². The number of ether oxygens (including phenoxy) is 2. The quantitative estimate of drug-likeness (QED) is 0.543. The summed E-state index contributed by atoms with van der Waals surface area (Å²) in [5.74, 6) is 1.93. The number of aromatic nitrogens is 3. The maximum atomic E-state index is 6.28. The van der Waals surface area contributed by atoms with E-state index in [1.54, 1.807) is 7.11 Å². The Morgan fingerprint density at radius 3 is 2.52 bits per heavy atom. The van der Waals surface area contributed by atoms with Crippen LogP contribution in [0.1, 0.15) is 63.9 Å². The van der Waals surface area contributed by atoms with E-state index < -0.39 is 0 Å². The highest BCUT2D eigenvalue weighted by Gasteiger charge is 2.22. The molecule has 1 aliphatic heterocycles. The predicted octanol–water partition coefficient (Wildman–Crippen LogP) is 4.93. The van der Waals surface area contributed by atoms with E-state index in [0.29, 0.717) is 23.9 Å². The van der Waals surface area contributed by atoms with Gasteiger partial charge in [-0.05, 0) is 69.5 Å². The minimum atomic E-state index is 0.0999. The minimum absolute atomic E-state index is 0.0999. The maximum Gasteiger partial charge on any atom is 0.323 e. The second-order valence-corrected chi connectivity index (χ2v) is 9.18. The predicted molar refractivity (Wildman–Crippen MR) is 132 cm³/mol. The largest absolute Gasteiger partial charge is 0.496 e. The van der Waals surface area contributed by atoms with E-state index in [0.717, 1.165) is 62.3 Å². The first kappa shape index (κ1) is 23.5. The summed E-state index contributed by atoms with van der Waals surface area (Å²) in [5, 5.41) is 6.90. The van der Waals surface area contributed by atoms with E-state index >= 15 is 0 Å². The Labute approximate surface area is 197 Å². The smallest absolute Gasteiger partial charge is 0.323 e. The van der Waals surface area contributed by atoms with Gasteiger partial charge in [0, 0.05) is 18.3 Å². The average Bonchev–Trinajstić information content (AvgIpc) is 3.08. The molecule has 33 heavy (non-hydrogen) atoms. The van der Waals surface area contributed by atoms with Crippen molar-refractivity contribution in [1.29, 1.82) is 0 Å². The van der Waals surface area contributed by atoms with Gasteiger partial charge in [-0.3, -0.25) is 4.90 Å². The van der Waals surface area contributed by atoms with E-state index in [4.69, 9.17) is 9.47 Å². The van der Waals surface area contributed by atoms with Crippen LogP contribution in [0.2, 0.25) is 0 Å². The van der Waals surface area contributed by atoms with Crippen LogP contribution in [-0.2, 0) is 0 Å². The van der Waals surface area contributed by atoms with Crippen LogP contribution in [0.15, 0.2) is 18.2 Å². The Morgan fingerprint density at radius 1 is 1.00 bits per heavy atom. The number of methoxy groups -OCH3 is 1. The number of likely N-dealkylation sites (tertiary alicyclic amines) is 1. The molecule has 8 heteroatoms. The fraction of sp³-hybridized carbons (Fsp3) is 0.640. The van der Waals surface area contributed by atoms with Crippen molar-refractivity contribution in [3.63, 3.8) is 0 Å². The summed E-state index contributed by atoms with van der Waals surface area (Å²) >= 11 is 0. The van der Waals surface area contributed by atoms with Crippen molar-refractivity contribution in [2.45, 2.75) is 77.4 Å². The number of nitrogens with zero attached hydrogens (tertiary/aromatic N) is 4. The molecule has 1 saturated heterocycles. The first-order valence-corrected chi connectivity index (χ1v) is 12.5. The summed E-state index contributed by atoms with van der Waals surface area (Å²) in [6, 6.07) is 6.72. The number of nitrogens with one attached hydrogen (secondary N) is 2. The highest BCUT2D eigenvalue weighted by atomic mass is 16.5. The van der Waals surface area contributed by atoms with Crippen LogP contribution in [0.5, 0.6) is 11.8 Å². The Bertz CT molecular complexity index is 900. The zero-order valence-corrected chi connectivity index (χ0v) is 20.3. The molecule has 1 atom stereocenters. The van der Waals surface area contributed by atoms with Gasteiger partial charge in [0.1, 0.15) is 11.9 Å². The van der Waals surface area contributed by atoms with Gasteiger partial charge in [-0.25, -0.2) is 0 Å². The van der Waals surface area contributed by atoms with E-state index in [1.165, 1.54) is 25.7 Å². The lowest BCUT2D eigenvalue weighted by atomic mass is 10.1. The third-order valence-corrected chi connectivity index (χ3v) is 6.64. The van der Waals surface area contributed by atoms with E-state index in [2.05, 4.69) is 37.4 Å². The zero-order chi connectivity index (χ0) is 23.0. The molecule has 8 nitrogen and oxygen atoms in total. The van der Waals surface area contributed by atoms with Crippen molar-refractivity contribution in [1.82, 2.24) is 19.9 Å². The summed E-state index contributed by atoms with van der Waals surface area (Å²) in [6.45, 7) is 7.29. The molecule has 2 fully saturated rings. The highest BCUT2D eigenvalue weighted by molar-refractivity contribution is 5.58. The number of rotatable bonds is 8. The zero-order valence-electron chi connectivity index (χ0n) is 20.3. The summed E-state index contributed by atoms with van der Waals surface area (Å²) in [6.07, 6.45) is 9.66. The van der Waals surface area contributed by atoms with Gasteiger partial charge in [-0.2, -0.15) is 15.0 Å². The number of piperidine rings is 1. The summed E-state index contributed by atoms with van der Waals surface area (Å²) in [7, 11) is 1.68. The summed E-state index contributed by atoms with van der Waals surface area (Å²) in [4.78, 5) is 16.4. The van der Waals surface area contributed by atoms with Gasteiger partial charge in [0.25, 0.3) is 0 Å². The van der Waals surface area contributed by atoms with Crippen molar-refractivity contribution in [2.24, 2.45) is 0 Å². The van der Waals surface area contributed by atoms with Gasteiger partial charge in [0.15, 0.2) is 0 Å². The second-order valence-electron chi connectivity index (χ2n) is 9.18. The summed E-state index contributed by atoms with van der Waals surface area (Å²) in [5.41, 5.74) is 1.95. The molecule has 2 aromatic rings. The maximum absolute atomic E-state index is 6.28. The molecule has 1 saturated carbocycles. The molecule has 1 aliphatic carbocycles. The monoisotopic (exact) mass is 454 g/mol. The van der Waals surface area contributed by atoms with Crippen molar-refractivity contribution in [2.75, 3.05) is 37.4 Å². The average molecular weight is 455 g/mol. The Kier molecular flexibility index (Phi) is 8.20. The molecular weight excluding hydrogens is 416 g/mol. The van der Waals surface area contributed by atoms with Gasteiger partial charge in [-0.1, -0.05) is 32.6 Å². The normalized spacial score (nSPS) is 20.2. The molecule has 2 N–H and O–H groups in total. The van der Waals surface area contributed by atoms with Gasteiger partial charge < -0.3 is 20.1 Å². The van der Waals surface area contributed by atoms with Crippen molar-refractivity contribution in [3.8, 4) is 11.8 Å². The standard InChI is InChI=1S/C25H38N6O2/c1-4-31-15-9-12-21(17-31)33-25-29-23(26-19-10-7-5-6-8-11-19)28-24(30-25)27-20-13-14-22(32-3)18(2)16-20/h13-14,16,19,21H,4-12,15,17H2,1-3H3,(H2,26,27,28,29,30). The van der Waals surface area contributed by atoms with Gasteiger partial charge in [0.05, 0.1) is 7.11 Å². The van der Waals surface area contributed by atoms with Gasteiger partial charge >= 0.3 is 6.01 Å². The van der Waals surface area contributed by atoms with Crippen LogP contribution in [0.4, 0.5) is 17.6 Å². The number of benzene rings is 1. The Hall–Kier alpha value is -2.61. The lowest BCUT2D eigenvalue weighted by molar-refractivity contribution is 0.0843. The van der Waals surface area contributed by atoms with Gasteiger partial charge in [-0.15, -0.1) is 0 Å². The highest BCUT2D eigenvalue weighted by Crippen LogP contribution is 2.26. The SMILES string of the molecule is CCN1CCCC(Oc2nc(Nc3ccc(OC)c(C)c3)nc(NC3CCCCCC3)n2)C1. The van der Waals surface area contributed by atoms with Crippen LogP contribution < -0.4 is 20.1 Å². The molecular formula is C25H38N6O2. The number of likely N-dealkylation sites (N-methyl/N-ethyl adjacent to an activating group) is 1. The first-order chi connectivity index (χ1) is 16.1. The fourth-order valence-electron chi connectivity index (χ4n) is 4.77. The Morgan fingerprint density at radius 2 is 1.79 bits per heavy atom. The van der Waals surface area contributed by atoms with Crippen molar-refractivity contribution in [3.05, 3.63) is 23.8 Å². The lowest BCUT2D eigenvalue weighted by Crippen LogP contribution is -2.41. The minimum Gasteiger partial charge on any atom is -0.496 e. The molecule has 0 bridgehead atoms. The molecule has 180 valence electrons. The molecule has 1 aromatic heterocycles. The topological polar surface area (TPSA) is 84.4 Å². The molecule has 4 rings (SSSR count). The van der Waals surface area contributed by atoms with Crippen LogP contribution in [-0.4, -0.2) is 58.7 Å². The molecule has 0 spiro atoms. The third kappa shape index (κ3) is 6.69. The molecule has 0 amide bonds. The molecule has 2 heterocycles. The first-order valence-electron chi connectivity index (χ1n) is 12.5. The summed E-state index contributed by atoms with van der Waals surface area (Å²) < 4.78 is 11.7. The van der Waals surface area contributed by atoms with Crippen LogP contribution in [0.25, 0.3) is 0 Å². The van der Waals surface area contributed by atoms with E-state index in [-0.39, 0.29) is 6.10 Å². The number of hydrogen-bond donors (Lipinski definition) is 2. The molecule has 1 unspecified atom stereocenters. The van der Waals surface area contributed by atoms with Crippen LogP contribution in [0.3, 0.4) is 0 Å². The van der Waals surface area contributed by atoms with Crippen LogP contribution in [0, 0.1) is 6.92 Å². The van der Waals surface area contributed by atoms with Gasteiger partial charge in [0.2, 0.25) is 11.9 Å². The second kappa shape index (κ2) is 11.5. The number of anilines is 3. The lowest BCUT2D eigenvalue weighted by Gasteiger charge is -2.31. The van der Waals surface area contributed by atoms with Crippen molar-refractivity contribution >= 4 is 17.6 Å². The van der Waals surface area contributed by atoms with E-state index in [9.17, 15) is 0 Å². The third-order valence-electron chi connectivity index (χ3n) is 6.64. The van der Waals surface area contributed by atoms with Crippen molar-refractivity contribution < 1.29 is 9.47 Å².